The van der Waals surface area contributed by atoms with Crippen LogP contribution in [0.4, 0.5) is 22.4 Å². The Morgan fingerprint density at radius 3 is 2.03 bits per heavy atom. The first kappa shape index (κ1) is 24.6. The number of alkyl halides is 3. The first-order valence-corrected chi connectivity index (χ1v) is 12.8. The molecule has 0 radical (unpaired) electrons. The van der Waals surface area contributed by atoms with Crippen LogP contribution < -0.4 is 0 Å². The number of benzene rings is 3. The van der Waals surface area contributed by atoms with Gasteiger partial charge in [0, 0.05) is 29.5 Å². The molecule has 2 aliphatic heterocycles. The van der Waals surface area contributed by atoms with Gasteiger partial charge in [0.1, 0.15) is 12.4 Å². The van der Waals surface area contributed by atoms with Gasteiger partial charge in [-0.1, -0.05) is 48.5 Å². The number of ketones is 1. The number of halogens is 4. The molecule has 0 saturated carbocycles. The van der Waals surface area contributed by atoms with E-state index < -0.39 is 35.4 Å². The van der Waals surface area contributed by atoms with Gasteiger partial charge >= 0.3 is 12.3 Å². The quantitative estimate of drug-likeness (QED) is 0.268. The van der Waals surface area contributed by atoms with Gasteiger partial charge < -0.3 is 9.64 Å². The molecule has 0 aromatic heterocycles. The van der Waals surface area contributed by atoms with Crippen LogP contribution >= 0.6 is 0 Å². The summed E-state index contributed by atoms with van der Waals surface area (Å²) in [6.07, 6.45) is -3.21. The predicted molar refractivity (Wildman–Crippen MR) is 132 cm³/mol. The van der Waals surface area contributed by atoms with Crippen molar-refractivity contribution in [2.24, 2.45) is 5.92 Å². The average molecular weight is 524 g/mol. The van der Waals surface area contributed by atoms with Crippen LogP contribution in [-0.2, 0) is 10.9 Å². The number of carbonyl (C=O) groups is 2. The minimum absolute atomic E-state index is 0.0653. The van der Waals surface area contributed by atoms with E-state index in [9.17, 15) is 27.2 Å². The smallest absolute Gasteiger partial charge is 0.419 e. The van der Waals surface area contributed by atoms with Gasteiger partial charge in [-0.3, -0.25) is 4.79 Å². The van der Waals surface area contributed by atoms with Crippen molar-refractivity contribution in [3.05, 3.63) is 94.8 Å². The second-order valence-corrected chi connectivity index (χ2v) is 10.3. The minimum atomic E-state index is -4.88. The van der Waals surface area contributed by atoms with E-state index in [4.69, 9.17) is 4.74 Å². The van der Waals surface area contributed by atoms with Gasteiger partial charge in [0.25, 0.3) is 0 Å². The predicted octanol–water partition coefficient (Wildman–Crippen LogP) is 7.22. The number of Topliss-reactive ketones (excluding diaryl/α,β-unsaturated/α-hetero) is 1. The lowest BCUT2D eigenvalue weighted by Gasteiger charge is -2.37. The summed E-state index contributed by atoms with van der Waals surface area (Å²) in [6.45, 7) is 0.195. The molecule has 2 atom stereocenters. The molecule has 3 aromatic rings. The molecule has 1 aliphatic carbocycles. The van der Waals surface area contributed by atoms with Crippen LogP contribution in [0.25, 0.3) is 11.1 Å². The fraction of sp³-hybridized carbons (Fsp3) is 0.333. The Balaban J connectivity index is 1.14. The van der Waals surface area contributed by atoms with E-state index in [1.165, 1.54) is 0 Å². The van der Waals surface area contributed by atoms with Crippen LogP contribution in [0.1, 0.15) is 58.6 Å². The van der Waals surface area contributed by atoms with Crippen molar-refractivity contribution >= 4 is 11.9 Å². The standard InChI is InChI=1S/C30H25F4NO3/c31-27-12-9-17(15-26(27)30(32,33)34)28(36)18-13-19-10-11-20(14-18)35(19)29(37)38-16-25-23-7-3-1-5-21(23)22-6-2-4-8-24(22)25/h1-9,12,15,18-20,25H,10-11,13-14,16H2. The summed E-state index contributed by atoms with van der Waals surface area (Å²) in [6, 6.07) is 18.1. The minimum Gasteiger partial charge on any atom is -0.448 e. The highest BCUT2D eigenvalue weighted by Crippen LogP contribution is 2.45. The molecule has 8 heteroatoms. The first-order chi connectivity index (χ1) is 18.2. The van der Waals surface area contributed by atoms with Crippen molar-refractivity contribution in [1.82, 2.24) is 4.90 Å². The molecular weight excluding hydrogens is 498 g/mol. The van der Waals surface area contributed by atoms with Gasteiger partial charge in [0.05, 0.1) is 5.56 Å². The van der Waals surface area contributed by atoms with E-state index in [0.717, 1.165) is 28.3 Å². The van der Waals surface area contributed by atoms with E-state index in [-0.39, 0.29) is 30.2 Å². The molecule has 2 bridgehead atoms. The lowest BCUT2D eigenvalue weighted by Crippen LogP contribution is -2.48. The highest BCUT2D eigenvalue weighted by molar-refractivity contribution is 5.98. The number of amides is 1. The monoisotopic (exact) mass is 523 g/mol. The number of rotatable bonds is 4. The molecule has 196 valence electrons. The number of piperidine rings is 1. The maximum absolute atomic E-state index is 13.7. The molecule has 6 rings (SSSR count). The van der Waals surface area contributed by atoms with Crippen molar-refractivity contribution in [3.8, 4) is 11.1 Å². The van der Waals surface area contributed by atoms with Crippen molar-refractivity contribution in [2.45, 2.75) is 49.9 Å². The lowest BCUT2D eigenvalue weighted by molar-refractivity contribution is -0.140. The van der Waals surface area contributed by atoms with Crippen molar-refractivity contribution in [2.75, 3.05) is 6.61 Å². The largest absolute Gasteiger partial charge is 0.448 e. The van der Waals surface area contributed by atoms with Gasteiger partial charge in [-0.2, -0.15) is 13.2 Å². The Labute approximate surface area is 217 Å². The van der Waals surface area contributed by atoms with Gasteiger partial charge in [-0.05, 0) is 66.1 Å². The molecule has 2 fully saturated rings. The molecule has 2 unspecified atom stereocenters. The molecule has 38 heavy (non-hydrogen) atoms. The Morgan fingerprint density at radius 2 is 1.45 bits per heavy atom. The Morgan fingerprint density at radius 1 is 0.868 bits per heavy atom. The van der Waals surface area contributed by atoms with E-state index in [0.29, 0.717) is 37.8 Å². The van der Waals surface area contributed by atoms with Gasteiger partial charge in [-0.15, -0.1) is 0 Å². The summed E-state index contributed by atoms with van der Waals surface area (Å²) in [7, 11) is 0. The zero-order chi connectivity index (χ0) is 26.6. The topological polar surface area (TPSA) is 46.6 Å². The summed E-state index contributed by atoms with van der Waals surface area (Å²) in [5.74, 6) is -2.44. The highest BCUT2D eigenvalue weighted by Gasteiger charge is 2.46. The number of ether oxygens (including phenoxy) is 1. The molecular formula is C30H25F4NO3. The van der Waals surface area contributed by atoms with Crippen LogP contribution in [0, 0.1) is 11.7 Å². The van der Waals surface area contributed by atoms with Crippen LogP contribution in [0.15, 0.2) is 66.7 Å². The lowest BCUT2D eigenvalue weighted by atomic mass is 9.84. The third kappa shape index (κ3) is 4.16. The Kier molecular flexibility index (Phi) is 6.00. The van der Waals surface area contributed by atoms with Crippen LogP contribution in [0.2, 0.25) is 0 Å². The molecule has 3 aromatic carbocycles. The number of fused-ring (bicyclic) bond motifs is 5. The number of hydrogen-bond acceptors (Lipinski definition) is 3. The van der Waals surface area contributed by atoms with E-state index in [1.807, 2.05) is 36.4 Å². The molecule has 2 saturated heterocycles. The number of carbonyl (C=O) groups excluding carboxylic acids is 2. The highest BCUT2D eigenvalue weighted by atomic mass is 19.4. The average Bonchev–Trinajstić information content (AvgIpc) is 3.37. The maximum Gasteiger partial charge on any atom is 0.419 e. The summed E-state index contributed by atoms with van der Waals surface area (Å²) in [4.78, 5) is 28.0. The fourth-order valence-electron chi connectivity index (χ4n) is 6.49. The zero-order valence-electron chi connectivity index (χ0n) is 20.4. The number of nitrogens with zero attached hydrogens (tertiary/aromatic N) is 1. The van der Waals surface area contributed by atoms with Gasteiger partial charge in [0.15, 0.2) is 5.78 Å². The first-order valence-electron chi connectivity index (χ1n) is 12.8. The van der Waals surface area contributed by atoms with Crippen molar-refractivity contribution < 1.29 is 31.9 Å². The second-order valence-electron chi connectivity index (χ2n) is 10.3. The zero-order valence-corrected chi connectivity index (χ0v) is 20.4. The second kappa shape index (κ2) is 9.26. The summed E-state index contributed by atoms with van der Waals surface area (Å²) in [5, 5.41) is 0. The van der Waals surface area contributed by atoms with Crippen LogP contribution in [-0.4, -0.2) is 35.5 Å². The molecule has 4 nitrogen and oxygen atoms in total. The van der Waals surface area contributed by atoms with Gasteiger partial charge in [0.2, 0.25) is 0 Å². The van der Waals surface area contributed by atoms with E-state index in [1.54, 1.807) is 4.90 Å². The Hall–Kier alpha value is -3.68. The number of hydrogen-bond donors (Lipinski definition) is 0. The molecule has 0 N–H and O–H groups in total. The van der Waals surface area contributed by atoms with Crippen molar-refractivity contribution in [1.29, 1.82) is 0 Å². The molecule has 2 heterocycles. The molecule has 3 aliphatic rings. The van der Waals surface area contributed by atoms with Crippen LogP contribution in [0.3, 0.4) is 0 Å². The Bertz CT molecular complexity index is 1360. The maximum atomic E-state index is 13.7. The van der Waals surface area contributed by atoms with E-state index >= 15 is 0 Å². The van der Waals surface area contributed by atoms with E-state index in [2.05, 4.69) is 12.1 Å². The molecule has 0 spiro atoms. The fourth-order valence-corrected chi connectivity index (χ4v) is 6.49. The third-order valence-corrected chi connectivity index (χ3v) is 8.21. The summed E-state index contributed by atoms with van der Waals surface area (Å²) < 4.78 is 59.0. The van der Waals surface area contributed by atoms with Gasteiger partial charge in [-0.25, -0.2) is 9.18 Å². The SMILES string of the molecule is O=C(c1ccc(F)c(C(F)(F)F)c1)C1CC2CCC(C1)N2C(=O)OCC1c2ccccc2-c2ccccc21. The molecule has 1 amide bonds. The summed E-state index contributed by atoms with van der Waals surface area (Å²) >= 11 is 0. The normalized spacial score (nSPS) is 22.2. The third-order valence-electron chi connectivity index (χ3n) is 8.21. The van der Waals surface area contributed by atoms with Crippen LogP contribution in [0.5, 0.6) is 0 Å². The van der Waals surface area contributed by atoms with Crippen molar-refractivity contribution in [3.63, 3.8) is 0 Å². The summed E-state index contributed by atoms with van der Waals surface area (Å²) in [5.41, 5.74) is 2.91.